The van der Waals surface area contributed by atoms with E-state index in [0.717, 1.165) is 5.69 Å². The van der Waals surface area contributed by atoms with E-state index in [1.54, 1.807) is 31.2 Å². The van der Waals surface area contributed by atoms with Crippen LogP contribution < -0.4 is 5.32 Å². The summed E-state index contributed by atoms with van der Waals surface area (Å²) in [4.78, 5) is 0.347. The van der Waals surface area contributed by atoms with Gasteiger partial charge in [0.15, 0.2) is 9.84 Å². The van der Waals surface area contributed by atoms with Gasteiger partial charge in [-0.3, -0.25) is 0 Å². The van der Waals surface area contributed by atoms with Crippen molar-refractivity contribution < 1.29 is 8.42 Å². The number of hydrogen-bond donors (Lipinski definition) is 1. The maximum absolute atomic E-state index is 11.4. The molecule has 0 aliphatic carbocycles. The van der Waals surface area contributed by atoms with Crippen molar-refractivity contribution in [1.82, 2.24) is 0 Å². The monoisotopic (exact) mass is 233 g/mol. The molecule has 0 bridgehead atoms. The summed E-state index contributed by atoms with van der Waals surface area (Å²) in [5, 5.41) is 2.87. The van der Waals surface area contributed by atoms with E-state index in [2.05, 4.69) is 5.32 Å². The van der Waals surface area contributed by atoms with Crippen molar-refractivity contribution >= 4 is 27.1 Å². The number of sulfone groups is 1. The van der Waals surface area contributed by atoms with Crippen molar-refractivity contribution in [2.75, 3.05) is 17.1 Å². The Bertz CT molecular complexity index is 386. The van der Waals surface area contributed by atoms with E-state index in [-0.39, 0.29) is 5.75 Å². The average Bonchev–Trinajstić information content (AvgIpc) is 2.19. The molecule has 1 aromatic rings. The molecule has 1 N–H and O–H groups in total. The number of hydrogen-bond acceptors (Lipinski definition) is 3. The van der Waals surface area contributed by atoms with E-state index in [1.165, 1.54) is 0 Å². The first kappa shape index (κ1) is 11.3. The fraction of sp³-hybridized carbons (Fsp3) is 0.333. The summed E-state index contributed by atoms with van der Waals surface area (Å²) in [5.41, 5.74) is 0.815. The Labute approximate surface area is 89.0 Å². The molecule has 0 aliphatic heterocycles. The van der Waals surface area contributed by atoms with E-state index in [4.69, 9.17) is 11.6 Å². The summed E-state index contributed by atoms with van der Waals surface area (Å²) in [6, 6.07) is 6.86. The van der Waals surface area contributed by atoms with E-state index < -0.39 is 9.84 Å². The minimum atomic E-state index is -3.09. The first-order chi connectivity index (χ1) is 6.60. The number of alkyl halides is 1. The van der Waals surface area contributed by atoms with Gasteiger partial charge >= 0.3 is 0 Å². The summed E-state index contributed by atoms with van der Waals surface area (Å²) in [6.45, 7) is 1.63. The Hall–Kier alpha value is -0.740. The fourth-order valence-corrected chi connectivity index (χ4v) is 2.06. The minimum Gasteiger partial charge on any atom is -0.372 e. The minimum absolute atomic E-state index is 0.120. The molecule has 0 aromatic heterocycles. The fourth-order valence-electron chi connectivity index (χ4n) is 1.02. The second kappa shape index (κ2) is 4.66. The van der Waals surface area contributed by atoms with E-state index in [1.807, 2.05) is 0 Å². The van der Waals surface area contributed by atoms with Crippen LogP contribution in [0.25, 0.3) is 0 Å². The summed E-state index contributed by atoms with van der Waals surface area (Å²) < 4.78 is 22.8. The second-order valence-electron chi connectivity index (χ2n) is 2.74. The van der Waals surface area contributed by atoms with Gasteiger partial charge in [0, 0.05) is 5.69 Å². The van der Waals surface area contributed by atoms with E-state index in [9.17, 15) is 8.42 Å². The molecule has 0 heterocycles. The molecule has 1 aromatic carbocycles. The number of rotatable bonds is 4. The lowest BCUT2D eigenvalue weighted by molar-refractivity contribution is 0.597. The highest BCUT2D eigenvalue weighted by Crippen LogP contribution is 2.15. The maximum Gasteiger partial charge on any atom is 0.178 e. The van der Waals surface area contributed by atoms with Crippen LogP contribution in [0.2, 0.25) is 0 Å². The van der Waals surface area contributed by atoms with Gasteiger partial charge in [0.2, 0.25) is 0 Å². The zero-order valence-corrected chi connectivity index (χ0v) is 9.40. The highest BCUT2D eigenvalue weighted by molar-refractivity contribution is 7.91. The van der Waals surface area contributed by atoms with Crippen LogP contribution >= 0.6 is 11.6 Å². The van der Waals surface area contributed by atoms with Gasteiger partial charge in [0.1, 0.15) is 0 Å². The first-order valence-corrected chi connectivity index (χ1v) is 6.41. The van der Waals surface area contributed by atoms with Gasteiger partial charge in [-0.15, -0.1) is 11.6 Å². The van der Waals surface area contributed by atoms with Gasteiger partial charge < -0.3 is 5.32 Å². The van der Waals surface area contributed by atoms with Gasteiger partial charge in [0.05, 0.1) is 16.7 Å². The Morgan fingerprint density at radius 1 is 1.29 bits per heavy atom. The van der Waals surface area contributed by atoms with Gasteiger partial charge in [-0.1, -0.05) is 6.92 Å². The van der Waals surface area contributed by atoms with Crippen LogP contribution in [0.3, 0.4) is 0 Å². The van der Waals surface area contributed by atoms with Crippen LogP contribution in [0.5, 0.6) is 0 Å². The molecular formula is C9H12ClNO2S. The third-order valence-corrected chi connectivity index (χ3v) is 3.75. The van der Waals surface area contributed by atoms with Crippen molar-refractivity contribution in [3.05, 3.63) is 24.3 Å². The molecule has 14 heavy (non-hydrogen) atoms. The molecule has 0 fully saturated rings. The molecule has 78 valence electrons. The smallest absolute Gasteiger partial charge is 0.178 e. The van der Waals surface area contributed by atoms with Crippen molar-refractivity contribution in [2.24, 2.45) is 0 Å². The first-order valence-electron chi connectivity index (χ1n) is 4.23. The molecule has 1 rings (SSSR count). The standard InChI is InChI=1S/C9H12ClNO2S/c1-2-14(12,13)9-5-3-8(4-6-9)11-7-10/h3-6,11H,2,7H2,1H3. The molecule has 0 saturated heterocycles. The summed E-state index contributed by atoms with van der Waals surface area (Å²) in [6.07, 6.45) is 0. The average molecular weight is 234 g/mol. The Kier molecular flexibility index (Phi) is 3.77. The second-order valence-corrected chi connectivity index (χ2v) is 5.28. The molecule has 5 heteroatoms. The van der Waals surface area contributed by atoms with Gasteiger partial charge in [0.25, 0.3) is 0 Å². The highest BCUT2D eigenvalue weighted by atomic mass is 35.5. The van der Waals surface area contributed by atoms with Crippen LogP contribution in [0, 0.1) is 0 Å². The van der Waals surface area contributed by atoms with Crippen LogP contribution in [0.15, 0.2) is 29.2 Å². The lowest BCUT2D eigenvalue weighted by Crippen LogP contribution is -2.03. The lowest BCUT2D eigenvalue weighted by Gasteiger charge is -2.04. The summed E-state index contributed by atoms with van der Waals surface area (Å²) in [7, 11) is -3.09. The van der Waals surface area contributed by atoms with Crippen LogP contribution in [0.1, 0.15) is 6.92 Å². The predicted molar refractivity (Wildman–Crippen MR) is 58.5 cm³/mol. The van der Waals surface area contributed by atoms with E-state index in [0.29, 0.717) is 10.9 Å². The lowest BCUT2D eigenvalue weighted by atomic mass is 10.3. The third-order valence-electron chi connectivity index (χ3n) is 1.86. The number of halogens is 1. The maximum atomic E-state index is 11.4. The Morgan fingerprint density at radius 2 is 1.86 bits per heavy atom. The zero-order chi connectivity index (χ0) is 10.6. The van der Waals surface area contributed by atoms with Crippen LogP contribution in [-0.4, -0.2) is 20.2 Å². The van der Waals surface area contributed by atoms with Gasteiger partial charge in [-0.25, -0.2) is 8.42 Å². The third kappa shape index (κ3) is 2.62. The zero-order valence-electron chi connectivity index (χ0n) is 7.83. The van der Waals surface area contributed by atoms with Gasteiger partial charge in [-0.05, 0) is 24.3 Å². The molecule has 3 nitrogen and oxygen atoms in total. The highest BCUT2D eigenvalue weighted by Gasteiger charge is 2.10. The predicted octanol–water partition coefficient (Wildman–Crippen LogP) is 2.09. The molecule has 0 radical (unpaired) electrons. The number of benzene rings is 1. The Morgan fingerprint density at radius 3 is 2.29 bits per heavy atom. The van der Waals surface area contributed by atoms with E-state index >= 15 is 0 Å². The number of nitrogens with one attached hydrogen (secondary N) is 1. The van der Waals surface area contributed by atoms with Crippen molar-refractivity contribution in [3.8, 4) is 0 Å². The quantitative estimate of drug-likeness (QED) is 0.640. The molecule has 0 atom stereocenters. The van der Waals surface area contributed by atoms with Crippen molar-refractivity contribution in [2.45, 2.75) is 11.8 Å². The van der Waals surface area contributed by atoms with Crippen molar-refractivity contribution in [3.63, 3.8) is 0 Å². The topological polar surface area (TPSA) is 46.2 Å². The molecule has 0 amide bonds. The largest absolute Gasteiger partial charge is 0.372 e. The summed E-state index contributed by atoms with van der Waals surface area (Å²) >= 11 is 5.46. The molecule has 0 spiro atoms. The molecule has 0 aliphatic rings. The number of anilines is 1. The summed E-state index contributed by atoms with van der Waals surface area (Å²) in [5.74, 6) is 0.120. The SMILES string of the molecule is CCS(=O)(=O)c1ccc(NCCl)cc1. The molecule has 0 unspecified atom stereocenters. The Balaban J connectivity index is 2.94. The normalized spacial score (nSPS) is 11.3. The van der Waals surface area contributed by atoms with Crippen LogP contribution in [0.4, 0.5) is 5.69 Å². The molecule has 0 saturated carbocycles. The van der Waals surface area contributed by atoms with Gasteiger partial charge in [-0.2, -0.15) is 0 Å². The van der Waals surface area contributed by atoms with Crippen molar-refractivity contribution in [1.29, 1.82) is 0 Å². The molecular weight excluding hydrogens is 222 g/mol. The van der Waals surface area contributed by atoms with Crippen LogP contribution in [-0.2, 0) is 9.84 Å².